The molecule has 0 amide bonds. The number of esters is 1. The molecule has 2 aromatic rings. The molecular formula is C22H26O5. The molecule has 0 fully saturated rings. The van der Waals surface area contributed by atoms with Gasteiger partial charge < -0.3 is 14.2 Å². The predicted molar refractivity (Wildman–Crippen MR) is 104 cm³/mol. The van der Waals surface area contributed by atoms with E-state index < -0.39 is 5.97 Å². The Hall–Kier alpha value is -2.82. The van der Waals surface area contributed by atoms with Crippen molar-refractivity contribution < 1.29 is 23.8 Å². The summed E-state index contributed by atoms with van der Waals surface area (Å²) < 4.78 is 16.1. The zero-order valence-corrected chi connectivity index (χ0v) is 15.9. The first-order valence-corrected chi connectivity index (χ1v) is 9.26. The molecule has 0 aliphatic heterocycles. The number of rotatable bonds is 11. The van der Waals surface area contributed by atoms with Crippen LogP contribution in [0.1, 0.15) is 59.7 Å². The molecule has 5 nitrogen and oxygen atoms in total. The van der Waals surface area contributed by atoms with Gasteiger partial charge in [0.25, 0.3) is 0 Å². The number of hydrogen-bond donors (Lipinski definition) is 0. The van der Waals surface area contributed by atoms with E-state index in [1.165, 1.54) is 38.9 Å². The molecule has 2 rings (SSSR count). The number of hydrogen-bond acceptors (Lipinski definition) is 5. The summed E-state index contributed by atoms with van der Waals surface area (Å²) in [6.07, 6.45) is 6.62. The van der Waals surface area contributed by atoms with E-state index in [1.54, 1.807) is 36.4 Å². The molecule has 0 aliphatic rings. The van der Waals surface area contributed by atoms with Crippen LogP contribution in [0.4, 0.5) is 0 Å². The zero-order valence-electron chi connectivity index (χ0n) is 15.9. The Balaban J connectivity index is 1.87. The molecule has 144 valence electrons. The van der Waals surface area contributed by atoms with Crippen molar-refractivity contribution in [3.63, 3.8) is 0 Å². The van der Waals surface area contributed by atoms with Crippen LogP contribution >= 0.6 is 0 Å². The highest BCUT2D eigenvalue weighted by Crippen LogP contribution is 2.24. The summed E-state index contributed by atoms with van der Waals surface area (Å²) in [5.41, 5.74) is 0.817. The molecule has 0 spiro atoms. The monoisotopic (exact) mass is 370 g/mol. The van der Waals surface area contributed by atoms with Gasteiger partial charge in [0, 0.05) is 6.07 Å². The molecule has 0 unspecified atom stereocenters. The largest absolute Gasteiger partial charge is 0.496 e. The van der Waals surface area contributed by atoms with Gasteiger partial charge >= 0.3 is 5.97 Å². The summed E-state index contributed by atoms with van der Waals surface area (Å²) in [6, 6.07) is 11.5. The molecular weight excluding hydrogens is 344 g/mol. The molecule has 0 atom stereocenters. The highest BCUT2D eigenvalue weighted by molar-refractivity contribution is 5.91. The molecule has 27 heavy (non-hydrogen) atoms. The number of carbonyl (C=O) groups excluding carboxylic acids is 2. The van der Waals surface area contributed by atoms with E-state index in [2.05, 4.69) is 6.92 Å². The summed E-state index contributed by atoms with van der Waals surface area (Å²) in [5.74, 6) is 0.925. The third-order valence-electron chi connectivity index (χ3n) is 4.15. The number of unbranched alkanes of at least 4 members (excludes halogenated alkanes) is 4. The van der Waals surface area contributed by atoms with Gasteiger partial charge in [-0.3, -0.25) is 4.79 Å². The Kier molecular flexibility index (Phi) is 8.36. The second kappa shape index (κ2) is 11.0. The quantitative estimate of drug-likeness (QED) is 0.239. The maximum atomic E-state index is 12.3. The Morgan fingerprint density at radius 3 is 2.33 bits per heavy atom. The van der Waals surface area contributed by atoms with Crippen LogP contribution in [0.25, 0.3) is 0 Å². The Morgan fingerprint density at radius 2 is 1.67 bits per heavy atom. The summed E-state index contributed by atoms with van der Waals surface area (Å²) in [7, 11) is 1.45. The van der Waals surface area contributed by atoms with Gasteiger partial charge in [0.2, 0.25) is 0 Å². The fourth-order valence-electron chi connectivity index (χ4n) is 2.60. The smallest absolute Gasteiger partial charge is 0.343 e. The first-order chi connectivity index (χ1) is 13.2. The van der Waals surface area contributed by atoms with E-state index in [1.807, 2.05) is 0 Å². The van der Waals surface area contributed by atoms with Gasteiger partial charge in [-0.15, -0.1) is 0 Å². The highest BCUT2D eigenvalue weighted by Gasteiger charge is 2.11. The third-order valence-corrected chi connectivity index (χ3v) is 4.15. The molecule has 5 heteroatoms. The molecule has 0 heterocycles. The van der Waals surface area contributed by atoms with Gasteiger partial charge in [0.15, 0.2) is 6.29 Å². The fourth-order valence-corrected chi connectivity index (χ4v) is 2.60. The maximum Gasteiger partial charge on any atom is 0.343 e. The number of carbonyl (C=O) groups is 2. The highest BCUT2D eigenvalue weighted by atomic mass is 16.5. The van der Waals surface area contributed by atoms with Crippen molar-refractivity contribution in [3.8, 4) is 17.2 Å². The molecule has 0 radical (unpaired) electrons. The van der Waals surface area contributed by atoms with Crippen molar-refractivity contribution in [2.75, 3.05) is 13.7 Å². The van der Waals surface area contributed by atoms with Crippen molar-refractivity contribution in [1.82, 2.24) is 0 Å². The van der Waals surface area contributed by atoms with Gasteiger partial charge in [-0.2, -0.15) is 0 Å². The van der Waals surface area contributed by atoms with Gasteiger partial charge in [-0.05, 0) is 42.8 Å². The molecule has 0 bridgehead atoms. The van der Waals surface area contributed by atoms with Crippen molar-refractivity contribution in [2.45, 2.75) is 39.0 Å². The minimum Gasteiger partial charge on any atom is -0.496 e. The summed E-state index contributed by atoms with van der Waals surface area (Å²) in [5, 5.41) is 0. The van der Waals surface area contributed by atoms with E-state index in [0.29, 0.717) is 35.5 Å². The molecule has 0 N–H and O–H groups in total. The first-order valence-electron chi connectivity index (χ1n) is 9.26. The van der Waals surface area contributed by atoms with Crippen LogP contribution in [0.15, 0.2) is 42.5 Å². The second-order valence-corrected chi connectivity index (χ2v) is 6.20. The van der Waals surface area contributed by atoms with E-state index in [-0.39, 0.29) is 0 Å². The lowest BCUT2D eigenvalue weighted by Gasteiger charge is -2.09. The van der Waals surface area contributed by atoms with E-state index in [4.69, 9.17) is 14.2 Å². The van der Waals surface area contributed by atoms with Crippen LogP contribution in [0, 0.1) is 0 Å². The number of ether oxygens (including phenoxy) is 3. The number of methoxy groups -OCH3 is 1. The normalized spacial score (nSPS) is 10.3. The van der Waals surface area contributed by atoms with Crippen LogP contribution in [0.2, 0.25) is 0 Å². The van der Waals surface area contributed by atoms with Crippen LogP contribution in [0.3, 0.4) is 0 Å². The zero-order chi connectivity index (χ0) is 19.5. The van der Waals surface area contributed by atoms with Gasteiger partial charge in [-0.25, -0.2) is 4.79 Å². The molecule has 0 saturated heterocycles. The topological polar surface area (TPSA) is 61.8 Å². The molecule has 2 aromatic carbocycles. The van der Waals surface area contributed by atoms with Crippen molar-refractivity contribution >= 4 is 12.3 Å². The predicted octanol–water partition coefficient (Wildman–Crippen LogP) is 5.08. The summed E-state index contributed by atoms with van der Waals surface area (Å²) >= 11 is 0. The van der Waals surface area contributed by atoms with Crippen molar-refractivity contribution in [2.24, 2.45) is 0 Å². The Bertz CT molecular complexity index is 737. The number of aldehydes is 1. The SMILES string of the molecule is CCCCCCCOc1ccc(C(=O)Oc2ccc(C=O)c(OC)c2)cc1. The van der Waals surface area contributed by atoms with Gasteiger partial charge in [-0.1, -0.05) is 32.6 Å². The fraction of sp³-hybridized carbons (Fsp3) is 0.364. The lowest BCUT2D eigenvalue weighted by atomic mass is 10.2. The second-order valence-electron chi connectivity index (χ2n) is 6.20. The van der Waals surface area contributed by atoms with E-state index in [9.17, 15) is 9.59 Å². The lowest BCUT2D eigenvalue weighted by molar-refractivity contribution is 0.0734. The minimum atomic E-state index is -0.484. The summed E-state index contributed by atoms with van der Waals surface area (Å²) in [4.78, 5) is 23.2. The van der Waals surface area contributed by atoms with Crippen molar-refractivity contribution in [1.29, 1.82) is 0 Å². The van der Waals surface area contributed by atoms with E-state index in [0.717, 1.165) is 12.2 Å². The average molecular weight is 370 g/mol. The standard InChI is InChI=1S/C22H26O5/c1-3-4-5-6-7-14-26-19-11-8-17(9-12-19)22(24)27-20-13-10-18(16-23)21(15-20)25-2/h8-13,15-16H,3-7,14H2,1-2H3. The Morgan fingerprint density at radius 1 is 0.963 bits per heavy atom. The van der Waals surface area contributed by atoms with Crippen molar-refractivity contribution in [3.05, 3.63) is 53.6 Å². The van der Waals surface area contributed by atoms with Gasteiger partial charge in [0.1, 0.15) is 17.2 Å². The first kappa shape index (κ1) is 20.5. The molecule has 0 aliphatic carbocycles. The van der Waals surface area contributed by atoms with E-state index >= 15 is 0 Å². The minimum absolute atomic E-state index is 0.315. The lowest BCUT2D eigenvalue weighted by Crippen LogP contribution is -2.08. The maximum absolute atomic E-state index is 12.3. The van der Waals surface area contributed by atoms with Crippen LogP contribution < -0.4 is 14.2 Å². The van der Waals surface area contributed by atoms with Crippen LogP contribution in [-0.2, 0) is 0 Å². The third kappa shape index (κ3) is 6.44. The Labute approximate surface area is 160 Å². The summed E-state index contributed by atoms with van der Waals surface area (Å²) in [6.45, 7) is 2.87. The van der Waals surface area contributed by atoms with Crippen LogP contribution in [0.5, 0.6) is 17.2 Å². The number of benzene rings is 2. The van der Waals surface area contributed by atoms with Crippen LogP contribution in [-0.4, -0.2) is 26.0 Å². The molecule has 0 aromatic heterocycles. The molecule has 0 saturated carbocycles. The van der Waals surface area contributed by atoms with Gasteiger partial charge in [0.05, 0.1) is 24.8 Å². The average Bonchev–Trinajstić information content (AvgIpc) is 2.70.